The molecule has 7 heteroatoms. The molecule has 0 saturated carbocycles. The first-order chi connectivity index (χ1) is 8.42. The highest BCUT2D eigenvalue weighted by molar-refractivity contribution is 5.53. The van der Waals surface area contributed by atoms with Gasteiger partial charge in [0.05, 0.1) is 36.5 Å². The number of rotatable bonds is 4. The fourth-order valence-electron chi connectivity index (χ4n) is 1.35. The minimum absolute atomic E-state index is 0.0782. The summed E-state index contributed by atoms with van der Waals surface area (Å²) in [7, 11) is 0. The monoisotopic (exact) mass is 260 g/mol. The number of hydrogen-bond donors (Lipinski definition) is 3. The molecule has 18 heavy (non-hydrogen) atoms. The van der Waals surface area contributed by atoms with Crippen molar-refractivity contribution < 1.29 is 23.4 Å². The molecule has 1 aromatic rings. The third kappa shape index (κ3) is 3.35. The van der Waals surface area contributed by atoms with E-state index >= 15 is 0 Å². The average molecular weight is 260 g/mol. The zero-order valence-corrected chi connectivity index (χ0v) is 9.20. The highest BCUT2D eigenvalue weighted by atomic mass is 19.4. The Morgan fingerprint density at radius 3 is 2.33 bits per heavy atom. The third-order valence-electron chi connectivity index (χ3n) is 2.26. The molecular formula is C11H11F3N2O2. The molecule has 4 nitrogen and oxygen atoms in total. The van der Waals surface area contributed by atoms with Crippen LogP contribution in [-0.4, -0.2) is 29.5 Å². The van der Waals surface area contributed by atoms with Crippen molar-refractivity contribution in [1.29, 1.82) is 5.26 Å². The molecule has 98 valence electrons. The molecule has 0 bridgehead atoms. The molecule has 0 saturated heterocycles. The number of alkyl halides is 3. The molecule has 3 N–H and O–H groups in total. The Balaban J connectivity index is 3.08. The van der Waals surface area contributed by atoms with E-state index in [1.54, 1.807) is 0 Å². The van der Waals surface area contributed by atoms with E-state index in [9.17, 15) is 13.2 Å². The number of nitrogens with zero attached hydrogens (tertiary/aromatic N) is 1. The summed E-state index contributed by atoms with van der Waals surface area (Å²) in [6.07, 6.45) is -4.63. The van der Waals surface area contributed by atoms with Crippen molar-refractivity contribution in [3.8, 4) is 6.07 Å². The van der Waals surface area contributed by atoms with Gasteiger partial charge in [0.15, 0.2) is 0 Å². The van der Waals surface area contributed by atoms with Gasteiger partial charge in [-0.1, -0.05) is 0 Å². The van der Waals surface area contributed by atoms with Crippen molar-refractivity contribution in [3.63, 3.8) is 0 Å². The van der Waals surface area contributed by atoms with Crippen molar-refractivity contribution in [2.75, 3.05) is 18.5 Å². The second-order valence-corrected chi connectivity index (χ2v) is 3.58. The zero-order chi connectivity index (χ0) is 13.8. The summed E-state index contributed by atoms with van der Waals surface area (Å²) in [6, 6.07) is 3.81. The van der Waals surface area contributed by atoms with E-state index in [2.05, 4.69) is 5.32 Å². The molecule has 1 aromatic carbocycles. The molecule has 0 unspecified atom stereocenters. The van der Waals surface area contributed by atoms with Crippen LogP contribution in [0.4, 0.5) is 18.9 Å². The molecule has 0 amide bonds. The Labute approximate surface area is 101 Å². The Kier molecular flexibility index (Phi) is 4.53. The molecular weight excluding hydrogens is 249 g/mol. The van der Waals surface area contributed by atoms with Crippen LogP contribution in [0.15, 0.2) is 18.2 Å². The number of nitrogens with one attached hydrogen (secondary N) is 1. The fourth-order valence-corrected chi connectivity index (χ4v) is 1.35. The highest BCUT2D eigenvalue weighted by Crippen LogP contribution is 2.33. The number of halogens is 3. The summed E-state index contributed by atoms with van der Waals surface area (Å²) in [6.45, 7) is -0.838. The van der Waals surface area contributed by atoms with Crippen molar-refractivity contribution in [2.24, 2.45) is 0 Å². The lowest BCUT2D eigenvalue weighted by atomic mass is 10.1. The predicted octanol–water partition coefficient (Wildman–Crippen LogP) is 1.34. The number of nitriles is 1. The minimum atomic E-state index is -4.63. The molecule has 0 atom stereocenters. The van der Waals surface area contributed by atoms with Crippen LogP contribution in [0, 0.1) is 11.3 Å². The standard InChI is InChI=1S/C11H11F3N2O2/c12-11(13,14)10-3-8(2-1-7(10)4-15)16-9(5-17)6-18/h1-3,9,16-18H,5-6H2. The minimum Gasteiger partial charge on any atom is -0.394 e. The molecule has 0 fully saturated rings. The van der Waals surface area contributed by atoms with Crippen molar-refractivity contribution in [3.05, 3.63) is 29.3 Å². The first-order valence-electron chi connectivity index (χ1n) is 5.02. The van der Waals surface area contributed by atoms with Gasteiger partial charge in [-0.15, -0.1) is 0 Å². The van der Waals surface area contributed by atoms with Crippen LogP contribution in [-0.2, 0) is 6.18 Å². The SMILES string of the molecule is N#Cc1ccc(NC(CO)CO)cc1C(F)(F)F. The van der Waals surface area contributed by atoms with Crippen molar-refractivity contribution in [2.45, 2.75) is 12.2 Å². The Bertz CT molecular complexity index is 451. The van der Waals surface area contributed by atoms with E-state index in [1.165, 1.54) is 12.1 Å². The van der Waals surface area contributed by atoms with Gasteiger partial charge in [-0.05, 0) is 18.2 Å². The maximum Gasteiger partial charge on any atom is 0.417 e. The Hall–Kier alpha value is -1.78. The largest absolute Gasteiger partial charge is 0.417 e. The predicted molar refractivity (Wildman–Crippen MR) is 57.7 cm³/mol. The van der Waals surface area contributed by atoms with Crippen LogP contribution in [0.5, 0.6) is 0 Å². The molecule has 0 spiro atoms. The highest BCUT2D eigenvalue weighted by Gasteiger charge is 2.33. The van der Waals surface area contributed by atoms with E-state index < -0.39 is 36.6 Å². The molecule has 0 aliphatic carbocycles. The maximum atomic E-state index is 12.6. The molecule has 0 aliphatic rings. The first-order valence-corrected chi connectivity index (χ1v) is 5.02. The summed E-state index contributed by atoms with van der Waals surface area (Å²) in [5, 5.41) is 28.8. The van der Waals surface area contributed by atoms with Crippen LogP contribution < -0.4 is 5.32 Å². The van der Waals surface area contributed by atoms with E-state index in [0.717, 1.165) is 12.1 Å². The second kappa shape index (κ2) is 5.71. The van der Waals surface area contributed by atoms with Gasteiger partial charge in [-0.2, -0.15) is 18.4 Å². The van der Waals surface area contributed by atoms with Gasteiger partial charge in [0.2, 0.25) is 0 Å². The summed E-state index contributed by atoms with van der Waals surface area (Å²) in [4.78, 5) is 0. The van der Waals surface area contributed by atoms with Gasteiger partial charge in [-0.25, -0.2) is 0 Å². The quantitative estimate of drug-likeness (QED) is 0.763. The zero-order valence-electron chi connectivity index (χ0n) is 9.20. The lowest BCUT2D eigenvalue weighted by Gasteiger charge is -2.16. The number of aliphatic hydroxyl groups is 2. The van der Waals surface area contributed by atoms with Crippen LogP contribution in [0.25, 0.3) is 0 Å². The van der Waals surface area contributed by atoms with Crippen LogP contribution in [0.1, 0.15) is 11.1 Å². The van der Waals surface area contributed by atoms with E-state index in [1.807, 2.05) is 0 Å². The Morgan fingerprint density at radius 1 is 1.28 bits per heavy atom. The van der Waals surface area contributed by atoms with Gasteiger partial charge >= 0.3 is 6.18 Å². The Morgan fingerprint density at radius 2 is 1.89 bits per heavy atom. The van der Waals surface area contributed by atoms with Crippen LogP contribution in [0.2, 0.25) is 0 Å². The smallest absolute Gasteiger partial charge is 0.394 e. The van der Waals surface area contributed by atoms with Gasteiger partial charge in [0.25, 0.3) is 0 Å². The molecule has 0 heterocycles. The normalized spacial score (nSPS) is 11.4. The van der Waals surface area contributed by atoms with E-state index in [0.29, 0.717) is 0 Å². The second-order valence-electron chi connectivity index (χ2n) is 3.58. The van der Waals surface area contributed by atoms with Gasteiger partial charge in [-0.3, -0.25) is 0 Å². The van der Waals surface area contributed by atoms with Gasteiger partial charge < -0.3 is 15.5 Å². The summed E-state index contributed by atoms with van der Waals surface area (Å²) in [5.74, 6) is 0. The van der Waals surface area contributed by atoms with E-state index in [4.69, 9.17) is 15.5 Å². The van der Waals surface area contributed by atoms with Crippen LogP contribution >= 0.6 is 0 Å². The van der Waals surface area contributed by atoms with Crippen LogP contribution in [0.3, 0.4) is 0 Å². The lowest BCUT2D eigenvalue weighted by molar-refractivity contribution is -0.137. The summed E-state index contributed by atoms with van der Waals surface area (Å²) in [5.41, 5.74) is -1.45. The summed E-state index contributed by atoms with van der Waals surface area (Å²) >= 11 is 0. The topological polar surface area (TPSA) is 76.3 Å². The molecule has 0 radical (unpaired) electrons. The third-order valence-corrected chi connectivity index (χ3v) is 2.26. The average Bonchev–Trinajstić information content (AvgIpc) is 2.34. The number of anilines is 1. The first kappa shape index (κ1) is 14.3. The van der Waals surface area contributed by atoms with Crippen molar-refractivity contribution >= 4 is 5.69 Å². The van der Waals surface area contributed by atoms with Gasteiger partial charge in [0.1, 0.15) is 0 Å². The number of hydrogen-bond acceptors (Lipinski definition) is 4. The fraction of sp³-hybridized carbons (Fsp3) is 0.364. The maximum absolute atomic E-state index is 12.6. The number of benzene rings is 1. The summed E-state index contributed by atoms with van der Waals surface area (Å²) < 4.78 is 37.9. The molecule has 1 rings (SSSR count). The molecule has 0 aliphatic heterocycles. The van der Waals surface area contributed by atoms with Crippen molar-refractivity contribution in [1.82, 2.24) is 0 Å². The van der Waals surface area contributed by atoms with E-state index in [-0.39, 0.29) is 5.69 Å². The number of aliphatic hydroxyl groups excluding tert-OH is 2. The molecule has 0 aromatic heterocycles. The van der Waals surface area contributed by atoms with Gasteiger partial charge in [0, 0.05) is 5.69 Å². The lowest BCUT2D eigenvalue weighted by Crippen LogP contribution is -2.27.